The van der Waals surface area contributed by atoms with Crippen LogP contribution in [0.25, 0.3) is 0 Å². The smallest absolute Gasteiger partial charge is 0.269 e. The quantitative estimate of drug-likeness (QED) is 0.646. The highest BCUT2D eigenvalue weighted by Crippen LogP contribution is 2.14. The van der Waals surface area contributed by atoms with E-state index in [-0.39, 0.29) is 10.6 Å². The van der Waals surface area contributed by atoms with Crippen LogP contribution < -0.4 is 5.32 Å². The zero-order chi connectivity index (χ0) is 15.2. The number of non-ortho nitro benzene ring substituents is 1. The highest BCUT2D eigenvalue weighted by molar-refractivity contribution is 5.32. The van der Waals surface area contributed by atoms with Crippen LogP contribution in [0.15, 0.2) is 24.3 Å². The molecule has 21 heavy (non-hydrogen) atoms. The predicted octanol–water partition coefficient (Wildman–Crippen LogP) is 2.60. The van der Waals surface area contributed by atoms with Crippen molar-refractivity contribution in [2.24, 2.45) is 0 Å². The molecule has 5 nitrogen and oxygen atoms in total. The summed E-state index contributed by atoms with van der Waals surface area (Å²) in [6.07, 6.45) is 3.33. The molecule has 0 aromatic heterocycles. The molecule has 0 spiro atoms. The van der Waals surface area contributed by atoms with Crippen molar-refractivity contribution in [1.82, 2.24) is 10.2 Å². The van der Waals surface area contributed by atoms with Crippen molar-refractivity contribution in [3.8, 4) is 0 Å². The summed E-state index contributed by atoms with van der Waals surface area (Å²) in [6, 6.07) is 8.11. The fraction of sp³-hybridized carbons (Fsp3) is 0.625. The second kappa shape index (κ2) is 7.52. The van der Waals surface area contributed by atoms with Crippen LogP contribution in [0, 0.1) is 10.1 Å². The third kappa shape index (κ3) is 4.79. The minimum absolute atomic E-state index is 0.160. The molecule has 0 unspecified atom stereocenters. The van der Waals surface area contributed by atoms with Gasteiger partial charge < -0.3 is 10.2 Å². The third-order valence-electron chi connectivity index (χ3n) is 4.25. The number of piperidine rings is 1. The van der Waals surface area contributed by atoms with Crippen molar-refractivity contribution in [3.05, 3.63) is 39.9 Å². The normalized spacial score (nSPS) is 17.3. The number of nitrogens with zero attached hydrogens (tertiary/aromatic N) is 2. The second-order valence-electron chi connectivity index (χ2n) is 6.03. The van der Waals surface area contributed by atoms with Crippen molar-refractivity contribution in [1.29, 1.82) is 0 Å². The molecule has 0 radical (unpaired) electrons. The van der Waals surface area contributed by atoms with Gasteiger partial charge in [-0.05, 0) is 58.3 Å². The van der Waals surface area contributed by atoms with Crippen LogP contribution in [0.4, 0.5) is 5.69 Å². The molecule has 0 saturated carbocycles. The SMILES string of the molecule is CC(C)N1CCC(NCCc2ccc([N+](=O)[O-])cc2)CC1. The summed E-state index contributed by atoms with van der Waals surface area (Å²) < 4.78 is 0. The van der Waals surface area contributed by atoms with Crippen molar-refractivity contribution < 1.29 is 4.92 Å². The zero-order valence-corrected chi connectivity index (χ0v) is 12.9. The average Bonchev–Trinajstić information content (AvgIpc) is 2.48. The Labute approximate surface area is 126 Å². The van der Waals surface area contributed by atoms with E-state index in [0.717, 1.165) is 18.5 Å². The number of likely N-dealkylation sites (tertiary alicyclic amines) is 1. The van der Waals surface area contributed by atoms with Crippen LogP contribution in [-0.4, -0.2) is 41.5 Å². The van der Waals surface area contributed by atoms with Gasteiger partial charge in [0.25, 0.3) is 5.69 Å². The van der Waals surface area contributed by atoms with Gasteiger partial charge in [-0.2, -0.15) is 0 Å². The zero-order valence-electron chi connectivity index (χ0n) is 12.9. The molecule has 0 amide bonds. The van der Waals surface area contributed by atoms with Gasteiger partial charge in [-0.3, -0.25) is 10.1 Å². The maximum absolute atomic E-state index is 10.6. The summed E-state index contributed by atoms with van der Waals surface area (Å²) in [6.45, 7) is 7.79. The molecular formula is C16H25N3O2. The van der Waals surface area contributed by atoms with Gasteiger partial charge in [0.15, 0.2) is 0 Å². The van der Waals surface area contributed by atoms with Crippen molar-refractivity contribution in [2.75, 3.05) is 19.6 Å². The highest BCUT2D eigenvalue weighted by atomic mass is 16.6. The fourth-order valence-electron chi connectivity index (χ4n) is 2.82. The number of nitro groups is 1. The van der Waals surface area contributed by atoms with E-state index in [1.165, 1.54) is 25.9 Å². The van der Waals surface area contributed by atoms with Gasteiger partial charge in [0, 0.05) is 24.2 Å². The molecule has 1 aromatic carbocycles. The minimum Gasteiger partial charge on any atom is -0.314 e. The Morgan fingerprint density at radius 3 is 2.43 bits per heavy atom. The number of benzene rings is 1. The van der Waals surface area contributed by atoms with Crippen LogP contribution in [0.5, 0.6) is 0 Å². The first kappa shape index (κ1) is 15.9. The Morgan fingerprint density at radius 2 is 1.90 bits per heavy atom. The molecule has 1 fully saturated rings. The monoisotopic (exact) mass is 291 g/mol. The molecule has 0 bridgehead atoms. The van der Waals surface area contributed by atoms with E-state index in [4.69, 9.17) is 0 Å². The summed E-state index contributed by atoms with van der Waals surface area (Å²) in [5.41, 5.74) is 1.31. The van der Waals surface area contributed by atoms with Gasteiger partial charge >= 0.3 is 0 Å². The van der Waals surface area contributed by atoms with Crippen molar-refractivity contribution >= 4 is 5.69 Å². The first-order valence-corrected chi connectivity index (χ1v) is 7.77. The predicted molar refractivity (Wildman–Crippen MR) is 84.5 cm³/mol. The molecule has 0 atom stereocenters. The molecule has 1 N–H and O–H groups in total. The number of nitrogens with one attached hydrogen (secondary N) is 1. The van der Waals surface area contributed by atoms with Gasteiger partial charge in [0.2, 0.25) is 0 Å². The minimum atomic E-state index is -0.357. The lowest BCUT2D eigenvalue weighted by atomic mass is 10.0. The van der Waals surface area contributed by atoms with Gasteiger partial charge in [-0.1, -0.05) is 12.1 Å². The van der Waals surface area contributed by atoms with Crippen LogP contribution in [0.1, 0.15) is 32.3 Å². The van der Waals surface area contributed by atoms with Gasteiger partial charge in [-0.15, -0.1) is 0 Å². The van der Waals surface area contributed by atoms with Crippen LogP contribution in [-0.2, 0) is 6.42 Å². The van der Waals surface area contributed by atoms with E-state index < -0.39 is 0 Å². The Hall–Kier alpha value is -1.46. The summed E-state index contributed by atoms with van der Waals surface area (Å²) in [5.74, 6) is 0. The maximum atomic E-state index is 10.6. The van der Waals surface area contributed by atoms with Crippen molar-refractivity contribution in [2.45, 2.75) is 45.2 Å². The van der Waals surface area contributed by atoms with E-state index in [0.29, 0.717) is 12.1 Å². The maximum Gasteiger partial charge on any atom is 0.269 e. The molecule has 116 valence electrons. The summed E-state index contributed by atoms with van der Waals surface area (Å²) in [4.78, 5) is 12.8. The van der Waals surface area contributed by atoms with Crippen LogP contribution in [0.3, 0.4) is 0 Å². The fourth-order valence-corrected chi connectivity index (χ4v) is 2.82. The lowest BCUT2D eigenvalue weighted by Gasteiger charge is -2.35. The Bertz CT molecular complexity index is 451. The van der Waals surface area contributed by atoms with E-state index in [2.05, 4.69) is 24.1 Å². The van der Waals surface area contributed by atoms with Gasteiger partial charge in [-0.25, -0.2) is 0 Å². The Balaban J connectivity index is 1.69. The molecular weight excluding hydrogens is 266 g/mol. The standard InChI is InChI=1S/C16H25N3O2/c1-13(2)18-11-8-15(9-12-18)17-10-7-14-3-5-16(6-4-14)19(20)21/h3-6,13,15,17H,7-12H2,1-2H3. The molecule has 1 heterocycles. The average molecular weight is 291 g/mol. The molecule has 0 aliphatic carbocycles. The summed E-state index contributed by atoms with van der Waals surface area (Å²) in [5, 5.41) is 14.2. The largest absolute Gasteiger partial charge is 0.314 e. The summed E-state index contributed by atoms with van der Waals surface area (Å²) >= 11 is 0. The third-order valence-corrected chi connectivity index (χ3v) is 4.25. The number of nitro benzene ring substituents is 1. The van der Waals surface area contributed by atoms with E-state index in [1.807, 2.05) is 12.1 Å². The molecule has 1 aliphatic rings. The number of hydrogen-bond acceptors (Lipinski definition) is 4. The molecule has 5 heteroatoms. The van der Waals surface area contributed by atoms with E-state index >= 15 is 0 Å². The lowest BCUT2D eigenvalue weighted by molar-refractivity contribution is -0.384. The Kier molecular flexibility index (Phi) is 5.70. The highest BCUT2D eigenvalue weighted by Gasteiger charge is 2.19. The van der Waals surface area contributed by atoms with Crippen molar-refractivity contribution in [3.63, 3.8) is 0 Å². The van der Waals surface area contributed by atoms with Crippen LogP contribution in [0.2, 0.25) is 0 Å². The molecule has 1 aliphatic heterocycles. The first-order valence-electron chi connectivity index (χ1n) is 7.77. The van der Waals surface area contributed by atoms with Gasteiger partial charge in [0.1, 0.15) is 0 Å². The molecule has 1 aromatic rings. The molecule has 1 saturated heterocycles. The van der Waals surface area contributed by atoms with E-state index in [1.54, 1.807) is 12.1 Å². The van der Waals surface area contributed by atoms with E-state index in [9.17, 15) is 10.1 Å². The topological polar surface area (TPSA) is 58.4 Å². The number of hydrogen-bond donors (Lipinski definition) is 1. The first-order chi connectivity index (χ1) is 10.1. The lowest BCUT2D eigenvalue weighted by Crippen LogP contribution is -2.45. The summed E-state index contributed by atoms with van der Waals surface area (Å²) in [7, 11) is 0. The number of rotatable bonds is 6. The van der Waals surface area contributed by atoms with Crippen LogP contribution >= 0.6 is 0 Å². The molecule has 2 rings (SSSR count). The second-order valence-corrected chi connectivity index (χ2v) is 6.03. The Morgan fingerprint density at radius 1 is 1.29 bits per heavy atom. The van der Waals surface area contributed by atoms with Gasteiger partial charge in [0.05, 0.1) is 4.92 Å².